The van der Waals surface area contributed by atoms with Crippen molar-refractivity contribution in [2.75, 3.05) is 0 Å². The van der Waals surface area contributed by atoms with Crippen LogP contribution in [-0.4, -0.2) is 10.6 Å². The van der Waals surface area contributed by atoms with Gasteiger partial charge in [-0.3, -0.25) is 0 Å². The monoisotopic (exact) mass is 288 g/mol. The van der Waals surface area contributed by atoms with E-state index >= 15 is 0 Å². The summed E-state index contributed by atoms with van der Waals surface area (Å²) in [5, 5.41) is 15.0. The molecule has 0 fully saturated rings. The topological polar surface area (TPSA) is 51.7 Å². The molecule has 4 rings (SSSR count). The minimum absolute atomic E-state index is 0. The second kappa shape index (κ2) is 5.51. The molecule has 22 heavy (non-hydrogen) atoms. The van der Waals surface area contributed by atoms with Gasteiger partial charge in [0.1, 0.15) is 5.75 Å². The van der Waals surface area contributed by atoms with Gasteiger partial charge in [-0.1, -0.05) is 72.8 Å². The van der Waals surface area contributed by atoms with Crippen molar-refractivity contribution in [1.82, 2.24) is 0 Å². The quantitative estimate of drug-likeness (QED) is 0.549. The SMILES string of the molecule is O.Oc1ccc2ccccc2c1-c1cccc2ccccc12. The van der Waals surface area contributed by atoms with Crippen molar-refractivity contribution in [3.63, 3.8) is 0 Å². The van der Waals surface area contributed by atoms with E-state index < -0.39 is 0 Å². The smallest absolute Gasteiger partial charge is 0.124 e. The molecule has 108 valence electrons. The highest BCUT2D eigenvalue weighted by atomic mass is 16.3. The fraction of sp³-hybridized carbons (Fsp3) is 0. The molecule has 0 saturated carbocycles. The summed E-state index contributed by atoms with van der Waals surface area (Å²) in [6, 6.07) is 26.4. The van der Waals surface area contributed by atoms with E-state index in [9.17, 15) is 5.11 Å². The molecular formula is C20H16O2. The van der Waals surface area contributed by atoms with Crippen molar-refractivity contribution in [2.45, 2.75) is 0 Å². The van der Waals surface area contributed by atoms with E-state index in [1.807, 2.05) is 36.4 Å². The number of benzene rings is 4. The Morgan fingerprint density at radius 2 is 1.14 bits per heavy atom. The van der Waals surface area contributed by atoms with E-state index in [0.717, 1.165) is 27.3 Å². The van der Waals surface area contributed by atoms with Crippen LogP contribution in [-0.2, 0) is 0 Å². The maximum absolute atomic E-state index is 10.4. The van der Waals surface area contributed by atoms with Crippen molar-refractivity contribution >= 4 is 21.5 Å². The van der Waals surface area contributed by atoms with Crippen LogP contribution in [0.4, 0.5) is 0 Å². The number of aromatic hydroxyl groups is 1. The Balaban J connectivity index is 0.00000144. The Kier molecular flexibility index (Phi) is 3.53. The normalized spacial score (nSPS) is 10.5. The first-order chi connectivity index (χ1) is 10.3. The molecule has 3 N–H and O–H groups in total. The molecule has 0 aliphatic heterocycles. The lowest BCUT2D eigenvalue weighted by atomic mass is 9.93. The molecule has 4 aromatic carbocycles. The van der Waals surface area contributed by atoms with Crippen LogP contribution in [0.5, 0.6) is 5.75 Å². The summed E-state index contributed by atoms with van der Waals surface area (Å²) in [6.45, 7) is 0. The first-order valence-electron chi connectivity index (χ1n) is 7.03. The van der Waals surface area contributed by atoms with Crippen LogP contribution < -0.4 is 0 Å². The van der Waals surface area contributed by atoms with Crippen LogP contribution in [0.25, 0.3) is 32.7 Å². The highest BCUT2D eigenvalue weighted by Gasteiger charge is 2.11. The highest BCUT2D eigenvalue weighted by molar-refractivity contribution is 6.07. The molecule has 0 heterocycles. The Morgan fingerprint density at radius 1 is 0.545 bits per heavy atom. The molecule has 0 bridgehead atoms. The predicted molar refractivity (Wildman–Crippen MR) is 92.2 cm³/mol. The summed E-state index contributed by atoms with van der Waals surface area (Å²) in [5.41, 5.74) is 1.98. The predicted octanol–water partition coefficient (Wildman–Crippen LogP) is 4.54. The largest absolute Gasteiger partial charge is 0.507 e. The third-order valence-electron chi connectivity index (χ3n) is 3.97. The number of hydrogen-bond donors (Lipinski definition) is 1. The molecule has 0 saturated heterocycles. The van der Waals surface area contributed by atoms with Gasteiger partial charge in [0.2, 0.25) is 0 Å². The molecular weight excluding hydrogens is 272 g/mol. The van der Waals surface area contributed by atoms with Crippen LogP contribution in [0.15, 0.2) is 78.9 Å². The van der Waals surface area contributed by atoms with E-state index in [1.54, 1.807) is 6.07 Å². The summed E-state index contributed by atoms with van der Waals surface area (Å²) in [4.78, 5) is 0. The molecule has 4 aromatic rings. The van der Waals surface area contributed by atoms with Crippen LogP contribution in [0, 0.1) is 0 Å². The summed E-state index contributed by atoms with van der Waals surface area (Å²) in [5.74, 6) is 0.324. The van der Waals surface area contributed by atoms with E-state index in [2.05, 4.69) is 36.4 Å². The number of phenolic OH excluding ortho intramolecular Hbond substituents is 1. The highest BCUT2D eigenvalue weighted by Crippen LogP contribution is 2.39. The van der Waals surface area contributed by atoms with E-state index in [1.165, 1.54) is 5.39 Å². The van der Waals surface area contributed by atoms with Crippen LogP contribution in [0.2, 0.25) is 0 Å². The lowest BCUT2D eigenvalue weighted by Gasteiger charge is -2.12. The maximum Gasteiger partial charge on any atom is 0.124 e. The maximum atomic E-state index is 10.4. The molecule has 0 aliphatic rings. The molecule has 0 aliphatic carbocycles. The van der Waals surface area contributed by atoms with Gasteiger partial charge < -0.3 is 10.6 Å². The van der Waals surface area contributed by atoms with Crippen molar-refractivity contribution in [3.8, 4) is 16.9 Å². The second-order valence-electron chi connectivity index (χ2n) is 5.21. The lowest BCUT2D eigenvalue weighted by molar-refractivity contribution is 0.478. The minimum atomic E-state index is 0. The van der Waals surface area contributed by atoms with Gasteiger partial charge in [0.05, 0.1) is 0 Å². The Morgan fingerprint density at radius 3 is 1.91 bits per heavy atom. The number of fused-ring (bicyclic) bond motifs is 2. The van der Waals surface area contributed by atoms with E-state index in [-0.39, 0.29) is 5.48 Å². The summed E-state index contributed by atoms with van der Waals surface area (Å²) >= 11 is 0. The second-order valence-corrected chi connectivity index (χ2v) is 5.21. The lowest BCUT2D eigenvalue weighted by Crippen LogP contribution is -1.85. The van der Waals surface area contributed by atoms with Crippen LogP contribution in [0.3, 0.4) is 0 Å². The Hall–Kier alpha value is -2.84. The Bertz CT molecular complexity index is 953. The van der Waals surface area contributed by atoms with Gasteiger partial charge in [0, 0.05) is 5.56 Å². The van der Waals surface area contributed by atoms with Crippen molar-refractivity contribution in [2.24, 2.45) is 0 Å². The van der Waals surface area contributed by atoms with Crippen molar-refractivity contribution in [3.05, 3.63) is 78.9 Å². The van der Waals surface area contributed by atoms with Crippen molar-refractivity contribution < 1.29 is 10.6 Å². The summed E-state index contributed by atoms with van der Waals surface area (Å²) in [6.07, 6.45) is 0. The molecule has 0 amide bonds. The third-order valence-corrected chi connectivity index (χ3v) is 3.97. The van der Waals surface area contributed by atoms with Gasteiger partial charge in [0.25, 0.3) is 0 Å². The van der Waals surface area contributed by atoms with Gasteiger partial charge in [-0.2, -0.15) is 0 Å². The van der Waals surface area contributed by atoms with E-state index in [4.69, 9.17) is 0 Å². The number of phenols is 1. The van der Waals surface area contributed by atoms with Gasteiger partial charge in [-0.25, -0.2) is 0 Å². The molecule has 0 radical (unpaired) electrons. The first-order valence-corrected chi connectivity index (χ1v) is 7.03. The average molecular weight is 288 g/mol. The summed E-state index contributed by atoms with van der Waals surface area (Å²) in [7, 11) is 0. The van der Waals surface area contributed by atoms with Gasteiger partial charge >= 0.3 is 0 Å². The molecule has 0 atom stereocenters. The molecule has 2 nitrogen and oxygen atoms in total. The van der Waals surface area contributed by atoms with Crippen LogP contribution in [0.1, 0.15) is 0 Å². The van der Waals surface area contributed by atoms with Gasteiger partial charge in [-0.05, 0) is 33.2 Å². The standard InChI is InChI=1S/C20H14O.H2O/c21-19-13-12-15-7-2-4-10-17(15)20(19)18-11-5-8-14-6-1-3-9-16(14)18;/h1-13,21H;1H2. The van der Waals surface area contributed by atoms with Gasteiger partial charge in [0.15, 0.2) is 0 Å². The third kappa shape index (κ3) is 2.10. The molecule has 0 spiro atoms. The number of rotatable bonds is 1. The van der Waals surface area contributed by atoms with Crippen molar-refractivity contribution in [1.29, 1.82) is 0 Å². The minimum Gasteiger partial charge on any atom is -0.507 e. The first kappa shape index (κ1) is 14.1. The molecule has 2 heteroatoms. The zero-order valence-corrected chi connectivity index (χ0v) is 12.0. The zero-order valence-electron chi connectivity index (χ0n) is 12.0. The molecule has 0 aromatic heterocycles. The fourth-order valence-electron chi connectivity index (χ4n) is 2.99. The number of hydrogen-bond acceptors (Lipinski definition) is 1. The zero-order chi connectivity index (χ0) is 14.2. The van der Waals surface area contributed by atoms with E-state index in [0.29, 0.717) is 5.75 Å². The van der Waals surface area contributed by atoms with Gasteiger partial charge in [-0.15, -0.1) is 0 Å². The van der Waals surface area contributed by atoms with Crippen LogP contribution >= 0.6 is 0 Å². The summed E-state index contributed by atoms with van der Waals surface area (Å²) < 4.78 is 0. The average Bonchev–Trinajstić information content (AvgIpc) is 2.54. The molecule has 0 unspecified atom stereocenters. The Labute approximate surface area is 128 Å². The fourth-order valence-corrected chi connectivity index (χ4v) is 2.99.